The first-order chi connectivity index (χ1) is 9.79. The Morgan fingerprint density at radius 2 is 2.00 bits per heavy atom. The normalized spacial score (nSPS) is 10.5. The third kappa shape index (κ3) is 4.25. The summed E-state index contributed by atoms with van der Waals surface area (Å²) >= 11 is 0. The summed E-state index contributed by atoms with van der Waals surface area (Å²) in [5, 5.41) is 3.23. The molecule has 2 heterocycles. The zero-order valence-corrected chi connectivity index (χ0v) is 11.7. The van der Waals surface area contributed by atoms with Crippen LogP contribution >= 0.6 is 0 Å². The predicted molar refractivity (Wildman–Crippen MR) is 74.7 cm³/mol. The lowest BCUT2D eigenvalue weighted by Crippen LogP contribution is -2.18. The maximum absolute atomic E-state index is 5.58. The van der Waals surface area contributed by atoms with Crippen LogP contribution in [0.25, 0.3) is 0 Å². The molecule has 0 amide bonds. The van der Waals surface area contributed by atoms with Crippen LogP contribution in [0.3, 0.4) is 0 Å². The van der Waals surface area contributed by atoms with E-state index in [1.54, 1.807) is 25.7 Å². The van der Waals surface area contributed by atoms with E-state index < -0.39 is 0 Å². The molecule has 2 aromatic rings. The second-order valence-electron chi connectivity index (χ2n) is 4.23. The molecule has 106 valence electrons. The Bertz CT molecular complexity index is 531. The van der Waals surface area contributed by atoms with E-state index in [1.807, 2.05) is 19.1 Å². The largest absolute Gasteiger partial charge is 0.422 e. The molecule has 0 aromatic carbocycles. The average molecular weight is 274 g/mol. The number of aryl methyl sites for hydroxylation is 1. The Hall–Kier alpha value is -2.05. The zero-order chi connectivity index (χ0) is 14.2. The van der Waals surface area contributed by atoms with Crippen LogP contribution in [0.4, 0.5) is 0 Å². The third-order valence-electron chi connectivity index (χ3n) is 2.65. The number of methoxy groups -OCH3 is 1. The SMILES string of the molecule is COCCNCc1cnc(Oc2cccnc2C)nc1. The molecule has 0 saturated carbocycles. The fourth-order valence-corrected chi connectivity index (χ4v) is 1.57. The molecule has 0 bridgehead atoms. The van der Waals surface area contributed by atoms with E-state index >= 15 is 0 Å². The summed E-state index contributed by atoms with van der Waals surface area (Å²) in [6, 6.07) is 3.98. The smallest absolute Gasteiger partial charge is 0.321 e. The molecule has 0 aliphatic rings. The number of hydrogen-bond donors (Lipinski definition) is 1. The van der Waals surface area contributed by atoms with Crippen LogP contribution in [0.5, 0.6) is 11.8 Å². The molecule has 1 N–H and O–H groups in total. The van der Waals surface area contributed by atoms with Gasteiger partial charge in [-0.1, -0.05) is 0 Å². The van der Waals surface area contributed by atoms with Gasteiger partial charge in [-0.15, -0.1) is 0 Å². The van der Waals surface area contributed by atoms with Crippen molar-refractivity contribution in [3.05, 3.63) is 42.0 Å². The standard InChI is InChI=1S/C14H18N4O2/c1-11-13(4-3-5-16-11)20-14-17-9-12(10-18-14)8-15-6-7-19-2/h3-5,9-10,15H,6-8H2,1-2H3. The van der Waals surface area contributed by atoms with Gasteiger partial charge < -0.3 is 14.8 Å². The summed E-state index contributed by atoms with van der Waals surface area (Å²) in [6.07, 6.45) is 5.21. The van der Waals surface area contributed by atoms with E-state index in [4.69, 9.17) is 9.47 Å². The molecule has 0 aliphatic heterocycles. The Kier molecular flexibility index (Phi) is 5.40. The van der Waals surface area contributed by atoms with Gasteiger partial charge in [0.25, 0.3) is 0 Å². The summed E-state index contributed by atoms with van der Waals surface area (Å²) in [5.41, 5.74) is 1.80. The summed E-state index contributed by atoms with van der Waals surface area (Å²) < 4.78 is 10.5. The number of nitrogens with zero attached hydrogens (tertiary/aromatic N) is 3. The Balaban J connectivity index is 1.90. The summed E-state index contributed by atoms with van der Waals surface area (Å²) in [4.78, 5) is 12.5. The number of rotatable bonds is 7. The van der Waals surface area contributed by atoms with E-state index in [0.717, 1.165) is 17.8 Å². The summed E-state index contributed by atoms with van der Waals surface area (Å²) in [5.74, 6) is 0.665. The first kappa shape index (κ1) is 14.4. The molecule has 0 atom stereocenters. The molecule has 0 spiro atoms. The van der Waals surface area contributed by atoms with Gasteiger partial charge >= 0.3 is 6.01 Å². The number of aromatic nitrogens is 3. The van der Waals surface area contributed by atoms with Crippen LogP contribution in [0.2, 0.25) is 0 Å². The van der Waals surface area contributed by atoms with Gasteiger partial charge in [0, 0.05) is 44.4 Å². The van der Waals surface area contributed by atoms with Gasteiger partial charge in [-0.3, -0.25) is 4.98 Å². The highest BCUT2D eigenvalue weighted by atomic mass is 16.5. The minimum absolute atomic E-state index is 0.321. The highest BCUT2D eigenvalue weighted by Crippen LogP contribution is 2.19. The van der Waals surface area contributed by atoms with E-state index in [-0.39, 0.29) is 0 Å². The van der Waals surface area contributed by atoms with E-state index in [0.29, 0.717) is 24.9 Å². The quantitative estimate of drug-likeness (QED) is 0.775. The molecule has 0 unspecified atom stereocenters. The molecular weight excluding hydrogens is 256 g/mol. The first-order valence-corrected chi connectivity index (χ1v) is 6.39. The lowest BCUT2D eigenvalue weighted by Gasteiger charge is -2.07. The van der Waals surface area contributed by atoms with Gasteiger partial charge in [0.1, 0.15) is 0 Å². The van der Waals surface area contributed by atoms with Crippen molar-refractivity contribution in [1.82, 2.24) is 20.3 Å². The van der Waals surface area contributed by atoms with E-state index in [9.17, 15) is 0 Å². The van der Waals surface area contributed by atoms with Crippen LogP contribution in [-0.2, 0) is 11.3 Å². The minimum Gasteiger partial charge on any atom is -0.422 e. The molecular formula is C14H18N4O2. The Morgan fingerprint density at radius 1 is 1.20 bits per heavy atom. The van der Waals surface area contributed by atoms with Crippen LogP contribution in [0, 0.1) is 6.92 Å². The molecule has 0 fully saturated rings. The maximum atomic E-state index is 5.58. The van der Waals surface area contributed by atoms with Gasteiger partial charge in [-0.05, 0) is 19.1 Å². The summed E-state index contributed by atoms with van der Waals surface area (Å²) in [6.45, 7) is 4.06. The number of ether oxygens (including phenoxy) is 2. The van der Waals surface area contributed by atoms with E-state index in [2.05, 4.69) is 20.3 Å². The van der Waals surface area contributed by atoms with Gasteiger partial charge in [0.15, 0.2) is 5.75 Å². The topological polar surface area (TPSA) is 69.2 Å². The predicted octanol–water partition coefficient (Wildman–Crippen LogP) is 1.71. The van der Waals surface area contributed by atoms with Crippen molar-refractivity contribution in [2.24, 2.45) is 0 Å². The summed E-state index contributed by atoms with van der Waals surface area (Å²) in [7, 11) is 1.68. The molecule has 2 aromatic heterocycles. The van der Waals surface area contributed by atoms with Gasteiger partial charge in [0.05, 0.1) is 12.3 Å². The zero-order valence-electron chi connectivity index (χ0n) is 11.7. The lowest BCUT2D eigenvalue weighted by atomic mass is 10.3. The van der Waals surface area contributed by atoms with Crippen molar-refractivity contribution in [1.29, 1.82) is 0 Å². The fourth-order valence-electron chi connectivity index (χ4n) is 1.57. The van der Waals surface area contributed by atoms with Gasteiger partial charge in [-0.2, -0.15) is 0 Å². The Labute approximate surface area is 118 Å². The van der Waals surface area contributed by atoms with Crippen LogP contribution in [0.1, 0.15) is 11.3 Å². The molecule has 6 heteroatoms. The minimum atomic E-state index is 0.321. The van der Waals surface area contributed by atoms with Crippen molar-refractivity contribution < 1.29 is 9.47 Å². The number of nitrogens with one attached hydrogen (secondary N) is 1. The first-order valence-electron chi connectivity index (χ1n) is 6.39. The van der Waals surface area contributed by atoms with Gasteiger partial charge in [-0.25, -0.2) is 9.97 Å². The average Bonchev–Trinajstić information content (AvgIpc) is 2.48. The van der Waals surface area contributed by atoms with Crippen molar-refractivity contribution in [3.8, 4) is 11.8 Å². The molecule has 6 nitrogen and oxygen atoms in total. The Morgan fingerprint density at radius 3 is 2.70 bits per heavy atom. The van der Waals surface area contributed by atoms with Crippen molar-refractivity contribution in [3.63, 3.8) is 0 Å². The molecule has 0 saturated heterocycles. The molecule has 2 rings (SSSR count). The lowest BCUT2D eigenvalue weighted by molar-refractivity contribution is 0.199. The second kappa shape index (κ2) is 7.52. The maximum Gasteiger partial charge on any atom is 0.321 e. The van der Waals surface area contributed by atoms with Crippen LogP contribution in [0.15, 0.2) is 30.7 Å². The second-order valence-corrected chi connectivity index (χ2v) is 4.23. The fraction of sp³-hybridized carbons (Fsp3) is 0.357. The molecule has 0 radical (unpaired) electrons. The highest BCUT2D eigenvalue weighted by molar-refractivity contribution is 5.28. The number of hydrogen-bond acceptors (Lipinski definition) is 6. The highest BCUT2D eigenvalue weighted by Gasteiger charge is 2.04. The van der Waals surface area contributed by atoms with Crippen molar-refractivity contribution in [2.75, 3.05) is 20.3 Å². The van der Waals surface area contributed by atoms with Crippen LogP contribution < -0.4 is 10.1 Å². The number of pyridine rings is 1. The monoisotopic (exact) mass is 274 g/mol. The van der Waals surface area contributed by atoms with Crippen LogP contribution in [-0.4, -0.2) is 35.2 Å². The molecule has 0 aliphatic carbocycles. The van der Waals surface area contributed by atoms with Crippen molar-refractivity contribution >= 4 is 0 Å². The third-order valence-corrected chi connectivity index (χ3v) is 2.65. The molecule has 20 heavy (non-hydrogen) atoms. The van der Waals surface area contributed by atoms with E-state index in [1.165, 1.54) is 0 Å². The van der Waals surface area contributed by atoms with Gasteiger partial charge in [0.2, 0.25) is 0 Å². The van der Waals surface area contributed by atoms with Crippen molar-refractivity contribution in [2.45, 2.75) is 13.5 Å².